The van der Waals surface area contributed by atoms with Gasteiger partial charge in [0.05, 0.1) is 20.2 Å². The molecule has 36 heavy (non-hydrogen) atoms. The summed E-state index contributed by atoms with van der Waals surface area (Å²) in [5.74, 6) is -0.0210. The Morgan fingerprint density at radius 2 is 1.78 bits per heavy atom. The van der Waals surface area contributed by atoms with Gasteiger partial charge in [-0.1, -0.05) is 43.7 Å². The highest BCUT2D eigenvalue weighted by molar-refractivity contribution is 5.85. The zero-order chi connectivity index (χ0) is 26.3. The normalized spacial score (nSPS) is 15.6. The third-order valence-electron chi connectivity index (χ3n) is 6.03. The molecule has 1 unspecified atom stereocenters. The van der Waals surface area contributed by atoms with Gasteiger partial charge in [-0.2, -0.15) is 0 Å². The molecule has 8 heteroatoms. The fraction of sp³-hybridized carbons (Fsp3) is 0.500. The number of methoxy groups -OCH3 is 1. The van der Waals surface area contributed by atoms with Crippen LogP contribution in [0, 0.1) is 5.82 Å². The Balaban J connectivity index is 1.79. The summed E-state index contributed by atoms with van der Waals surface area (Å²) in [4.78, 5) is 27.7. The van der Waals surface area contributed by atoms with E-state index in [-0.39, 0.29) is 31.2 Å². The number of carbonyl (C=O) groups is 2. The fourth-order valence-corrected chi connectivity index (χ4v) is 4.13. The average Bonchev–Trinajstić information content (AvgIpc) is 2.80. The molecule has 3 rings (SSSR count). The molecule has 7 nitrogen and oxygen atoms in total. The van der Waals surface area contributed by atoms with E-state index in [1.165, 1.54) is 6.07 Å². The van der Waals surface area contributed by atoms with Crippen LogP contribution in [0.4, 0.5) is 9.18 Å². The first-order chi connectivity index (χ1) is 17.1. The van der Waals surface area contributed by atoms with Crippen LogP contribution in [0.1, 0.15) is 51.7 Å². The molecule has 1 saturated heterocycles. The number of rotatable bonds is 10. The minimum atomic E-state index is -1.05. The first-order valence-corrected chi connectivity index (χ1v) is 12.4. The van der Waals surface area contributed by atoms with Gasteiger partial charge in [0.25, 0.3) is 5.91 Å². The third kappa shape index (κ3) is 6.97. The summed E-state index contributed by atoms with van der Waals surface area (Å²) in [6, 6.07) is 13.7. The van der Waals surface area contributed by atoms with E-state index >= 15 is 0 Å². The maximum Gasteiger partial charge on any atom is 0.408 e. The molecule has 0 radical (unpaired) electrons. The highest BCUT2D eigenvalue weighted by Gasteiger charge is 2.50. The zero-order valence-corrected chi connectivity index (χ0v) is 21.8. The van der Waals surface area contributed by atoms with E-state index in [0.29, 0.717) is 17.9 Å². The number of hydrogen-bond donors (Lipinski definition) is 1. The number of halogens is 1. The van der Waals surface area contributed by atoms with Crippen LogP contribution in [0.2, 0.25) is 0 Å². The number of hydrogen-bond acceptors (Lipinski definition) is 5. The van der Waals surface area contributed by atoms with Crippen molar-refractivity contribution in [2.24, 2.45) is 0 Å². The van der Waals surface area contributed by atoms with Gasteiger partial charge in [-0.05, 0) is 51.0 Å². The Labute approximate surface area is 212 Å². The van der Waals surface area contributed by atoms with E-state index in [1.807, 2.05) is 32.9 Å². The van der Waals surface area contributed by atoms with E-state index in [1.54, 1.807) is 42.3 Å². The quantitative estimate of drug-likeness (QED) is 0.473. The van der Waals surface area contributed by atoms with E-state index in [9.17, 15) is 14.0 Å². The van der Waals surface area contributed by atoms with E-state index in [2.05, 4.69) is 12.2 Å². The first kappa shape index (κ1) is 27.5. The maximum absolute atomic E-state index is 14.7. The summed E-state index contributed by atoms with van der Waals surface area (Å²) >= 11 is 0. The molecule has 1 aliphatic heterocycles. The van der Waals surface area contributed by atoms with Crippen molar-refractivity contribution in [1.82, 2.24) is 10.2 Å². The van der Waals surface area contributed by atoms with Crippen molar-refractivity contribution >= 4 is 12.0 Å². The predicted octanol–water partition coefficient (Wildman–Crippen LogP) is 4.82. The second kappa shape index (κ2) is 11.7. The molecule has 1 heterocycles. The number of nitrogens with zero attached hydrogens (tertiary/aromatic N) is 1. The van der Waals surface area contributed by atoms with Crippen molar-refractivity contribution in [2.75, 3.05) is 26.8 Å². The fourth-order valence-electron chi connectivity index (χ4n) is 4.13. The molecule has 1 fully saturated rings. The van der Waals surface area contributed by atoms with Crippen molar-refractivity contribution in [3.63, 3.8) is 0 Å². The highest BCUT2D eigenvalue weighted by Crippen LogP contribution is 2.38. The number of alkyl carbamates (subject to hydrolysis) is 1. The largest absolute Gasteiger partial charge is 0.497 e. The van der Waals surface area contributed by atoms with E-state index in [4.69, 9.17) is 14.2 Å². The van der Waals surface area contributed by atoms with E-state index in [0.717, 1.165) is 18.4 Å². The van der Waals surface area contributed by atoms with Crippen LogP contribution >= 0.6 is 0 Å². The summed E-state index contributed by atoms with van der Waals surface area (Å²) in [5, 5.41) is 2.74. The van der Waals surface area contributed by atoms with Crippen LogP contribution < -0.4 is 10.1 Å². The van der Waals surface area contributed by atoms with Gasteiger partial charge in [0, 0.05) is 24.1 Å². The summed E-state index contributed by atoms with van der Waals surface area (Å²) in [6.45, 7) is 8.38. The van der Waals surface area contributed by atoms with Gasteiger partial charge in [0.15, 0.2) is 6.10 Å². The Kier molecular flexibility index (Phi) is 8.95. The summed E-state index contributed by atoms with van der Waals surface area (Å²) < 4.78 is 31.7. The Morgan fingerprint density at radius 1 is 1.11 bits per heavy atom. The van der Waals surface area contributed by atoms with Gasteiger partial charge in [0.1, 0.15) is 17.2 Å². The summed E-state index contributed by atoms with van der Waals surface area (Å²) in [7, 11) is 1.58. The lowest BCUT2D eigenvalue weighted by Gasteiger charge is -2.50. The van der Waals surface area contributed by atoms with Gasteiger partial charge in [-0.25, -0.2) is 9.18 Å². The Bertz CT molecular complexity index is 1030. The lowest BCUT2D eigenvalue weighted by atomic mass is 9.84. The van der Waals surface area contributed by atoms with Crippen molar-refractivity contribution in [3.8, 4) is 5.75 Å². The van der Waals surface area contributed by atoms with Crippen LogP contribution in [0.5, 0.6) is 5.75 Å². The van der Waals surface area contributed by atoms with Crippen LogP contribution in [0.3, 0.4) is 0 Å². The number of benzene rings is 2. The number of amides is 2. The van der Waals surface area contributed by atoms with Crippen molar-refractivity contribution < 1.29 is 28.2 Å². The topological polar surface area (TPSA) is 77.1 Å². The van der Waals surface area contributed by atoms with Crippen LogP contribution in [0.25, 0.3) is 0 Å². The maximum atomic E-state index is 14.7. The molecule has 1 aliphatic rings. The third-order valence-corrected chi connectivity index (χ3v) is 6.03. The standard InChI is InChI=1S/C28H37FN2O5/c1-6-7-16-35-28(22-10-8-9-11-23(22)29)18-31(19-28)25(32)24(36-26(33)30-27(2,3)4)17-20-12-14-21(34-5)15-13-20/h8-15,24H,6-7,16-19H2,1-5H3,(H,30,33). The molecule has 0 aliphatic carbocycles. The molecular formula is C28H37FN2O5. The number of carbonyl (C=O) groups excluding carboxylic acids is 2. The van der Waals surface area contributed by atoms with Crippen LogP contribution in [-0.2, 0) is 26.3 Å². The van der Waals surface area contributed by atoms with E-state index < -0.39 is 23.3 Å². The summed E-state index contributed by atoms with van der Waals surface area (Å²) in [6.07, 6.45) is 0.251. The number of unbranched alkanes of at least 4 members (excludes halogenated alkanes) is 1. The Hall–Kier alpha value is -3.13. The molecule has 1 N–H and O–H groups in total. The van der Waals surface area contributed by atoms with Gasteiger partial charge in [-0.15, -0.1) is 0 Å². The van der Waals surface area contributed by atoms with Crippen molar-refractivity contribution in [1.29, 1.82) is 0 Å². The van der Waals surface area contributed by atoms with Crippen LogP contribution in [-0.4, -0.2) is 55.3 Å². The predicted molar refractivity (Wildman–Crippen MR) is 135 cm³/mol. The minimum Gasteiger partial charge on any atom is -0.497 e. The van der Waals surface area contributed by atoms with Gasteiger partial charge >= 0.3 is 6.09 Å². The first-order valence-electron chi connectivity index (χ1n) is 12.4. The van der Waals surface area contributed by atoms with Crippen molar-refractivity contribution in [3.05, 3.63) is 65.5 Å². The average molecular weight is 501 g/mol. The molecule has 2 aromatic carbocycles. The van der Waals surface area contributed by atoms with Gasteiger partial charge in [0.2, 0.25) is 0 Å². The molecule has 2 aromatic rings. The second-order valence-corrected chi connectivity index (χ2v) is 10.2. The van der Waals surface area contributed by atoms with Crippen molar-refractivity contribution in [2.45, 2.75) is 64.2 Å². The molecule has 196 valence electrons. The van der Waals surface area contributed by atoms with Gasteiger partial charge < -0.3 is 24.4 Å². The molecular weight excluding hydrogens is 463 g/mol. The van der Waals surface area contributed by atoms with Crippen LogP contribution in [0.15, 0.2) is 48.5 Å². The molecule has 0 bridgehead atoms. The van der Waals surface area contributed by atoms with Gasteiger partial charge in [-0.3, -0.25) is 4.79 Å². The molecule has 0 aromatic heterocycles. The summed E-state index contributed by atoms with van der Waals surface area (Å²) in [5.41, 5.74) is -0.190. The molecule has 0 spiro atoms. The molecule has 2 amide bonds. The minimum absolute atomic E-state index is 0.180. The SMILES string of the molecule is CCCCOC1(c2ccccc2F)CN(C(=O)C(Cc2ccc(OC)cc2)OC(=O)NC(C)(C)C)C1. The Morgan fingerprint density at radius 3 is 2.36 bits per heavy atom. The second-order valence-electron chi connectivity index (χ2n) is 10.2. The lowest BCUT2D eigenvalue weighted by Crippen LogP contribution is -2.65. The smallest absolute Gasteiger partial charge is 0.408 e. The number of ether oxygens (including phenoxy) is 3. The molecule has 1 atom stereocenters. The monoisotopic (exact) mass is 500 g/mol. The lowest BCUT2D eigenvalue weighted by molar-refractivity contribution is -0.180. The highest BCUT2D eigenvalue weighted by atomic mass is 19.1. The molecule has 0 saturated carbocycles. The number of nitrogens with one attached hydrogen (secondary N) is 1. The number of likely N-dealkylation sites (tertiary alicyclic amines) is 1. The zero-order valence-electron chi connectivity index (χ0n) is 21.8.